The first-order chi connectivity index (χ1) is 9.13. The number of tetrazole rings is 1. The van der Waals surface area contributed by atoms with Crippen LogP contribution in [0, 0.1) is 0 Å². The second kappa shape index (κ2) is 5.59. The third kappa shape index (κ3) is 2.78. The van der Waals surface area contributed by atoms with Crippen LogP contribution in [0.3, 0.4) is 0 Å². The number of aryl methyl sites for hydroxylation is 1. The molecule has 0 aromatic carbocycles. The Morgan fingerprint density at radius 3 is 2.89 bits per heavy atom. The van der Waals surface area contributed by atoms with E-state index in [1.807, 2.05) is 6.92 Å². The topological polar surface area (TPSA) is 98.7 Å². The van der Waals surface area contributed by atoms with Crippen LogP contribution in [-0.2, 0) is 11.8 Å². The average molecular weight is 264 g/mol. The molecule has 0 saturated carbocycles. The number of aliphatic carboxylic acids is 1. The highest BCUT2D eigenvalue weighted by atomic mass is 16.4. The maximum absolute atomic E-state index is 10.9. The molecule has 1 N–H and O–H groups in total. The molecule has 0 spiro atoms. The van der Waals surface area contributed by atoms with Crippen LogP contribution in [0.15, 0.2) is 12.3 Å². The summed E-state index contributed by atoms with van der Waals surface area (Å²) in [7, 11) is 1.79. The molecule has 1 atom stereocenters. The fourth-order valence-electron chi connectivity index (χ4n) is 2.05. The van der Waals surface area contributed by atoms with Crippen molar-refractivity contribution in [3.63, 3.8) is 0 Å². The van der Waals surface area contributed by atoms with E-state index in [-0.39, 0.29) is 12.5 Å². The number of carbonyl (C=O) groups is 1. The molecule has 2 aromatic heterocycles. The molecule has 2 heterocycles. The van der Waals surface area contributed by atoms with Crippen molar-refractivity contribution in [3.05, 3.63) is 12.3 Å². The zero-order valence-corrected chi connectivity index (χ0v) is 10.9. The van der Waals surface area contributed by atoms with Crippen molar-refractivity contribution in [3.8, 4) is 11.5 Å². The van der Waals surface area contributed by atoms with Crippen LogP contribution < -0.4 is 0 Å². The third-order valence-electron chi connectivity index (χ3n) is 2.92. The fourth-order valence-corrected chi connectivity index (χ4v) is 2.05. The SMILES string of the molecule is CCCC(CC(=O)O)n1nnnc1-c1ccnn1C. The van der Waals surface area contributed by atoms with E-state index in [9.17, 15) is 4.79 Å². The van der Waals surface area contributed by atoms with Gasteiger partial charge in [0.2, 0.25) is 5.82 Å². The van der Waals surface area contributed by atoms with Gasteiger partial charge in [-0.25, -0.2) is 4.68 Å². The summed E-state index contributed by atoms with van der Waals surface area (Å²) in [5, 5.41) is 24.6. The van der Waals surface area contributed by atoms with E-state index < -0.39 is 5.97 Å². The number of aromatic nitrogens is 6. The molecule has 0 aliphatic heterocycles. The summed E-state index contributed by atoms with van der Waals surface area (Å²) >= 11 is 0. The van der Waals surface area contributed by atoms with Gasteiger partial charge in [-0.05, 0) is 22.9 Å². The molecule has 0 saturated heterocycles. The van der Waals surface area contributed by atoms with Crippen molar-refractivity contribution in [2.75, 3.05) is 0 Å². The van der Waals surface area contributed by atoms with Crippen molar-refractivity contribution in [1.29, 1.82) is 0 Å². The molecule has 0 aliphatic carbocycles. The molecule has 0 fully saturated rings. The summed E-state index contributed by atoms with van der Waals surface area (Å²) in [6, 6.07) is 1.55. The van der Waals surface area contributed by atoms with E-state index in [4.69, 9.17) is 5.11 Å². The molecule has 102 valence electrons. The van der Waals surface area contributed by atoms with E-state index in [2.05, 4.69) is 20.6 Å². The minimum atomic E-state index is -0.857. The Bertz CT molecular complexity index is 561. The molecule has 2 rings (SSSR count). The lowest BCUT2D eigenvalue weighted by Gasteiger charge is -2.15. The van der Waals surface area contributed by atoms with Crippen molar-refractivity contribution in [2.24, 2.45) is 7.05 Å². The van der Waals surface area contributed by atoms with Gasteiger partial charge in [-0.1, -0.05) is 13.3 Å². The largest absolute Gasteiger partial charge is 0.481 e. The lowest BCUT2D eigenvalue weighted by molar-refractivity contribution is -0.138. The van der Waals surface area contributed by atoms with Crippen molar-refractivity contribution in [2.45, 2.75) is 32.2 Å². The second-order valence-electron chi connectivity index (χ2n) is 4.33. The van der Waals surface area contributed by atoms with Gasteiger partial charge in [0.25, 0.3) is 0 Å². The Balaban J connectivity index is 2.36. The van der Waals surface area contributed by atoms with Gasteiger partial charge in [0.15, 0.2) is 0 Å². The van der Waals surface area contributed by atoms with Crippen molar-refractivity contribution < 1.29 is 9.90 Å². The standard InChI is InChI=1S/C11H16N6O2/c1-3-4-8(7-10(18)19)17-11(13-14-15-17)9-5-6-12-16(9)2/h5-6,8H,3-4,7H2,1-2H3,(H,18,19). The Kier molecular flexibility index (Phi) is 3.88. The van der Waals surface area contributed by atoms with E-state index in [0.29, 0.717) is 12.2 Å². The highest BCUT2D eigenvalue weighted by molar-refractivity contribution is 5.67. The monoisotopic (exact) mass is 264 g/mol. The van der Waals surface area contributed by atoms with Crippen molar-refractivity contribution >= 4 is 5.97 Å². The fraction of sp³-hybridized carbons (Fsp3) is 0.545. The summed E-state index contributed by atoms with van der Waals surface area (Å²) < 4.78 is 3.24. The minimum absolute atomic E-state index is 0.00370. The van der Waals surface area contributed by atoms with E-state index in [0.717, 1.165) is 12.1 Å². The van der Waals surface area contributed by atoms with Gasteiger partial charge in [-0.3, -0.25) is 9.48 Å². The van der Waals surface area contributed by atoms with E-state index >= 15 is 0 Å². The summed E-state index contributed by atoms with van der Waals surface area (Å²) in [5.41, 5.74) is 0.761. The van der Waals surface area contributed by atoms with Gasteiger partial charge in [0.05, 0.1) is 12.5 Å². The molecule has 8 heteroatoms. The number of hydrogen-bond donors (Lipinski definition) is 1. The molecule has 2 aromatic rings. The number of nitrogens with zero attached hydrogens (tertiary/aromatic N) is 6. The van der Waals surface area contributed by atoms with Gasteiger partial charge in [-0.15, -0.1) is 5.10 Å². The Morgan fingerprint density at radius 1 is 1.53 bits per heavy atom. The first-order valence-electron chi connectivity index (χ1n) is 6.11. The van der Waals surface area contributed by atoms with Crippen LogP contribution in [0.2, 0.25) is 0 Å². The quantitative estimate of drug-likeness (QED) is 0.831. The smallest absolute Gasteiger partial charge is 0.305 e. The van der Waals surface area contributed by atoms with Crippen LogP contribution in [0.25, 0.3) is 11.5 Å². The summed E-state index contributed by atoms with van der Waals surface area (Å²) in [6.45, 7) is 2.00. The van der Waals surface area contributed by atoms with E-state index in [1.54, 1.807) is 28.7 Å². The highest BCUT2D eigenvalue weighted by Crippen LogP contribution is 2.23. The number of rotatable bonds is 6. The van der Waals surface area contributed by atoms with Crippen LogP contribution in [-0.4, -0.2) is 41.1 Å². The summed E-state index contributed by atoms with van der Waals surface area (Å²) in [5.74, 6) is -0.315. The molecule has 0 bridgehead atoms. The predicted octanol–water partition coefficient (Wildman–Crippen LogP) is 0.889. The molecular weight excluding hydrogens is 248 g/mol. The van der Waals surface area contributed by atoms with E-state index in [1.165, 1.54) is 0 Å². The molecule has 0 aliphatic rings. The number of carboxylic acids is 1. The Morgan fingerprint density at radius 2 is 2.32 bits per heavy atom. The number of carboxylic acid groups (broad SMARTS) is 1. The molecule has 0 radical (unpaired) electrons. The maximum atomic E-state index is 10.9. The van der Waals surface area contributed by atoms with Gasteiger partial charge < -0.3 is 5.11 Å². The Hall–Kier alpha value is -2.25. The molecule has 1 unspecified atom stereocenters. The van der Waals surface area contributed by atoms with Gasteiger partial charge in [0, 0.05) is 13.2 Å². The van der Waals surface area contributed by atoms with Crippen LogP contribution in [0.1, 0.15) is 32.2 Å². The first-order valence-corrected chi connectivity index (χ1v) is 6.11. The normalized spacial score (nSPS) is 12.5. The second-order valence-corrected chi connectivity index (χ2v) is 4.33. The lowest BCUT2D eigenvalue weighted by Crippen LogP contribution is -2.17. The Labute approximate surface area is 110 Å². The molecule has 8 nitrogen and oxygen atoms in total. The first kappa shape index (κ1) is 13.2. The predicted molar refractivity (Wildman–Crippen MR) is 66.2 cm³/mol. The van der Waals surface area contributed by atoms with Gasteiger partial charge in [0.1, 0.15) is 5.69 Å². The average Bonchev–Trinajstić information content (AvgIpc) is 2.95. The molecular formula is C11H16N6O2. The number of hydrogen-bond acceptors (Lipinski definition) is 5. The molecule has 0 amide bonds. The summed E-state index contributed by atoms with van der Waals surface area (Å²) in [6.07, 6.45) is 3.23. The third-order valence-corrected chi connectivity index (χ3v) is 2.92. The zero-order valence-electron chi connectivity index (χ0n) is 10.9. The van der Waals surface area contributed by atoms with Crippen molar-refractivity contribution in [1.82, 2.24) is 30.0 Å². The summed E-state index contributed by atoms with van der Waals surface area (Å²) in [4.78, 5) is 10.9. The maximum Gasteiger partial charge on any atom is 0.305 e. The zero-order chi connectivity index (χ0) is 13.8. The van der Waals surface area contributed by atoms with Crippen LogP contribution in [0.4, 0.5) is 0 Å². The van der Waals surface area contributed by atoms with Crippen LogP contribution >= 0.6 is 0 Å². The highest BCUT2D eigenvalue weighted by Gasteiger charge is 2.21. The lowest BCUT2D eigenvalue weighted by atomic mass is 10.1. The van der Waals surface area contributed by atoms with Crippen LogP contribution in [0.5, 0.6) is 0 Å². The molecule has 19 heavy (non-hydrogen) atoms. The van der Waals surface area contributed by atoms with Gasteiger partial charge >= 0.3 is 5.97 Å². The van der Waals surface area contributed by atoms with Gasteiger partial charge in [-0.2, -0.15) is 5.10 Å². The minimum Gasteiger partial charge on any atom is -0.481 e.